The van der Waals surface area contributed by atoms with Crippen LogP contribution in [0.1, 0.15) is 0 Å². The van der Waals surface area contributed by atoms with Crippen LogP contribution in [-0.4, -0.2) is 15.2 Å². The topological polar surface area (TPSA) is 41.6 Å². The minimum Gasteiger partial charge on any atom is -0.360 e. The van der Waals surface area contributed by atoms with Crippen LogP contribution in [0.25, 0.3) is 11.0 Å². The summed E-state index contributed by atoms with van der Waals surface area (Å²) in [5, 5.41) is 7.58. The van der Waals surface area contributed by atoms with E-state index in [4.69, 9.17) is 0 Å². The van der Waals surface area contributed by atoms with Crippen LogP contribution in [0.3, 0.4) is 0 Å². The molecule has 0 unspecified atom stereocenters. The number of rotatable bonds is 0. The van der Waals surface area contributed by atoms with Crippen LogP contribution in [-0.2, 0) is 0 Å². The number of fused-ring (bicyclic) bond motifs is 1. The summed E-state index contributed by atoms with van der Waals surface area (Å²) in [5.74, 6) is 0. The van der Waals surface area contributed by atoms with Gasteiger partial charge >= 0.3 is 0 Å². The Labute approximate surface area is 51.7 Å². The molecule has 3 heteroatoms. The van der Waals surface area contributed by atoms with Crippen LogP contribution in [0.15, 0.2) is 24.5 Å². The number of nitrogens with zero attached hydrogens (tertiary/aromatic N) is 2. The zero-order valence-corrected chi connectivity index (χ0v) is 4.70. The zero-order valence-electron chi connectivity index (χ0n) is 4.70. The van der Waals surface area contributed by atoms with Gasteiger partial charge in [-0.15, -0.1) is 5.10 Å². The molecule has 44 valence electrons. The average Bonchev–Trinajstić information content (AvgIpc) is 2.33. The van der Waals surface area contributed by atoms with Crippen molar-refractivity contribution in [1.82, 2.24) is 15.2 Å². The summed E-state index contributed by atoms with van der Waals surface area (Å²) in [4.78, 5) is 3.02. The summed E-state index contributed by atoms with van der Waals surface area (Å²) < 4.78 is 0. The van der Waals surface area contributed by atoms with Gasteiger partial charge in [-0.1, -0.05) is 0 Å². The summed E-state index contributed by atoms with van der Waals surface area (Å²) in [6.07, 6.45) is 3.51. The molecule has 2 rings (SSSR count). The molecule has 0 fully saturated rings. The second-order valence-electron chi connectivity index (χ2n) is 1.81. The van der Waals surface area contributed by atoms with E-state index in [0.29, 0.717) is 0 Å². The highest BCUT2D eigenvalue weighted by Crippen LogP contribution is 2.03. The van der Waals surface area contributed by atoms with Gasteiger partial charge in [0.15, 0.2) is 0 Å². The molecule has 0 aliphatic heterocycles. The molecule has 2 aromatic rings. The Balaban J connectivity index is 2.95. The third kappa shape index (κ3) is 0.579. The van der Waals surface area contributed by atoms with Gasteiger partial charge in [-0.05, 0) is 12.1 Å². The maximum absolute atomic E-state index is 3.86. The molecule has 9 heavy (non-hydrogen) atoms. The zero-order chi connectivity index (χ0) is 6.10. The molecule has 0 aliphatic rings. The van der Waals surface area contributed by atoms with Crippen molar-refractivity contribution in [3.8, 4) is 0 Å². The van der Waals surface area contributed by atoms with E-state index in [1.807, 2.05) is 18.3 Å². The van der Waals surface area contributed by atoms with Gasteiger partial charge in [0, 0.05) is 6.20 Å². The Kier molecular flexibility index (Phi) is 0.773. The molecule has 0 amide bonds. The van der Waals surface area contributed by atoms with Crippen LogP contribution in [0.2, 0.25) is 0 Å². The van der Waals surface area contributed by atoms with Crippen molar-refractivity contribution in [1.29, 1.82) is 0 Å². The summed E-state index contributed by atoms with van der Waals surface area (Å²) >= 11 is 0. The molecule has 0 saturated heterocycles. The highest BCUT2D eigenvalue weighted by atomic mass is 15.1. The van der Waals surface area contributed by atoms with E-state index in [-0.39, 0.29) is 0 Å². The number of aromatic nitrogens is 3. The smallest absolute Gasteiger partial charge is 0.111 e. The summed E-state index contributed by atoms with van der Waals surface area (Å²) in [6.45, 7) is 0. The van der Waals surface area contributed by atoms with Crippen molar-refractivity contribution in [3.05, 3.63) is 24.5 Å². The monoisotopic (exact) mass is 119 g/mol. The van der Waals surface area contributed by atoms with Crippen molar-refractivity contribution < 1.29 is 0 Å². The summed E-state index contributed by atoms with van der Waals surface area (Å²) in [7, 11) is 0. The number of hydrogen-bond acceptors (Lipinski definition) is 2. The fraction of sp³-hybridized carbons (Fsp3) is 0. The number of hydrogen-bond donors (Lipinski definition) is 1. The molecule has 0 spiro atoms. The Bertz CT molecular complexity index is 282. The lowest BCUT2D eigenvalue weighted by atomic mass is 10.4. The van der Waals surface area contributed by atoms with E-state index in [0.717, 1.165) is 11.0 Å². The SMILES string of the molecule is c1cc2[nH]ccc2nn1. The molecule has 0 aromatic carbocycles. The van der Waals surface area contributed by atoms with E-state index in [1.54, 1.807) is 6.20 Å². The quantitative estimate of drug-likeness (QED) is 0.561. The van der Waals surface area contributed by atoms with E-state index in [1.165, 1.54) is 0 Å². The maximum Gasteiger partial charge on any atom is 0.111 e. The molecule has 0 radical (unpaired) electrons. The third-order valence-electron chi connectivity index (χ3n) is 1.23. The predicted molar refractivity (Wildman–Crippen MR) is 33.9 cm³/mol. The second-order valence-corrected chi connectivity index (χ2v) is 1.81. The lowest BCUT2D eigenvalue weighted by molar-refractivity contribution is 1.08. The minimum absolute atomic E-state index is 0.914. The van der Waals surface area contributed by atoms with Crippen molar-refractivity contribution in [2.24, 2.45) is 0 Å². The molecule has 0 bridgehead atoms. The van der Waals surface area contributed by atoms with Gasteiger partial charge in [0.1, 0.15) is 5.52 Å². The number of H-pyrrole nitrogens is 1. The molecule has 2 aromatic heterocycles. The van der Waals surface area contributed by atoms with Crippen LogP contribution < -0.4 is 0 Å². The van der Waals surface area contributed by atoms with Gasteiger partial charge in [-0.3, -0.25) is 0 Å². The van der Waals surface area contributed by atoms with Crippen molar-refractivity contribution in [2.75, 3.05) is 0 Å². The minimum atomic E-state index is 0.914. The first-order valence-corrected chi connectivity index (χ1v) is 2.71. The standard InChI is InChI=1S/C6H5N3/c1-3-7-5-2-4-8-9-6(1)5/h1-4,7H. The van der Waals surface area contributed by atoms with Crippen LogP contribution in [0.5, 0.6) is 0 Å². The Hall–Kier alpha value is -1.38. The van der Waals surface area contributed by atoms with Gasteiger partial charge in [0.05, 0.1) is 11.7 Å². The highest BCUT2D eigenvalue weighted by Gasteiger charge is 1.89. The molecule has 2 heterocycles. The lowest BCUT2D eigenvalue weighted by Gasteiger charge is -1.81. The van der Waals surface area contributed by atoms with E-state index in [9.17, 15) is 0 Å². The average molecular weight is 119 g/mol. The Morgan fingerprint density at radius 1 is 1.33 bits per heavy atom. The molecule has 3 nitrogen and oxygen atoms in total. The summed E-state index contributed by atoms with van der Waals surface area (Å²) in [6, 6.07) is 3.78. The number of aromatic amines is 1. The first-order valence-electron chi connectivity index (χ1n) is 2.71. The second kappa shape index (κ2) is 1.55. The van der Waals surface area contributed by atoms with Crippen LogP contribution in [0.4, 0.5) is 0 Å². The van der Waals surface area contributed by atoms with Crippen molar-refractivity contribution >= 4 is 11.0 Å². The van der Waals surface area contributed by atoms with Crippen molar-refractivity contribution in [3.63, 3.8) is 0 Å². The van der Waals surface area contributed by atoms with E-state index in [2.05, 4.69) is 15.2 Å². The molecule has 0 atom stereocenters. The largest absolute Gasteiger partial charge is 0.360 e. The first kappa shape index (κ1) is 4.49. The van der Waals surface area contributed by atoms with Gasteiger partial charge < -0.3 is 4.98 Å². The van der Waals surface area contributed by atoms with Gasteiger partial charge in [0.2, 0.25) is 0 Å². The van der Waals surface area contributed by atoms with E-state index >= 15 is 0 Å². The van der Waals surface area contributed by atoms with Gasteiger partial charge in [-0.2, -0.15) is 5.10 Å². The summed E-state index contributed by atoms with van der Waals surface area (Å²) in [5.41, 5.74) is 1.95. The fourth-order valence-electron chi connectivity index (χ4n) is 0.798. The molecular weight excluding hydrogens is 114 g/mol. The Morgan fingerprint density at radius 2 is 2.33 bits per heavy atom. The van der Waals surface area contributed by atoms with Gasteiger partial charge in [-0.25, -0.2) is 0 Å². The molecule has 0 saturated carbocycles. The predicted octanol–water partition coefficient (Wildman–Crippen LogP) is 0.958. The van der Waals surface area contributed by atoms with Crippen molar-refractivity contribution in [2.45, 2.75) is 0 Å². The number of nitrogens with one attached hydrogen (secondary N) is 1. The highest BCUT2D eigenvalue weighted by molar-refractivity contribution is 5.73. The van der Waals surface area contributed by atoms with Gasteiger partial charge in [0.25, 0.3) is 0 Å². The molecule has 0 aliphatic carbocycles. The van der Waals surface area contributed by atoms with E-state index < -0.39 is 0 Å². The third-order valence-corrected chi connectivity index (χ3v) is 1.23. The maximum atomic E-state index is 3.86. The molecular formula is C6H5N3. The fourth-order valence-corrected chi connectivity index (χ4v) is 0.798. The molecule has 1 N–H and O–H groups in total. The normalized spacial score (nSPS) is 10.2. The first-order chi connectivity index (χ1) is 4.47. The Morgan fingerprint density at radius 3 is 3.22 bits per heavy atom. The van der Waals surface area contributed by atoms with Crippen LogP contribution >= 0.6 is 0 Å². The van der Waals surface area contributed by atoms with Crippen LogP contribution in [0, 0.1) is 0 Å². The lowest BCUT2D eigenvalue weighted by Crippen LogP contribution is -1.76.